The molecule has 1 fully saturated rings. The van der Waals surface area contributed by atoms with Crippen LogP contribution in [0.3, 0.4) is 0 Å². The zero-order chi connectivity index (χ0) is 16.2. The summed E-state index contributed by atoms with van der Waals surface area (Å²) >= 11 is 0. The lowest BCUT2D eigenvalue weighted by Crippen LogP contribution is -2.40. The summed E-state index contributed by atoms with van der Waals surface area (Å²) < 4.78 is 40.6. The van der Waals surface area contributed by atoms with Crippen LogP contribution in [0, 0.1) is 5.92 Å². The number of piperidine rings is 1. The van der Waals surface area contributed by atoms with Crippen LogP contribution >= 0.6 is 12.4 Å². The molecule has 2 N–H and O–H groups in total. The average Bonchev–Trinajstić information content (AvgIpc) is 2.52. The Balaban J connectivity index is 0.00000264. The van der Waals surface area contributed by atoms with E-state index >= 15 is 0 Å². The number of pyridine rings is 1. The van der Waals surface area contributed by atoms with Crippen molar-refractivity contribution in [3.8, 4) is 5.88 Å². The van der Waals surface area contributed by atoms with E-state index in [0.717, 1.165) is 12.8 Å². The number of halogens is 4. The zero-order valence-electron chi connectivity index (χ0n) is 12.4. The fourth-order valence-corrected chi connectivity index (χ4v) is 2.30. The fourth-order valence-electron chi connectivity index (χ4n) is 2.30. The third-order valence-electron chi connectivity index (χ3n) is 3.60. The third-order valence-corrected chi connectivity index (χ3v) is 3.60. The SMILES string of the molecule is Cl.NCC1CCN(C(=O)c2ccc(OCC(F)(F)F)nc2)CC1. The number of hydrogen-bond donors (Lipinski definition) is 1. The smallest absolute Gasteiger partial charge is 0.422 e. The fraction of sp³-hybridized carbons (Fsp3) is 0.571. The van der Waals surface area contributed by atoms with Crippen molar-refractivity contribution in [2.24, 2.45) is 11.7 Å². The highest BCUT2D eigenvalue weighted by atomic mass is 35.5. The molecule has 1 amide bonds. The number of hydrogen-bond acceptors (Lipinski definition) is 4. The molecule has 0 atom stereocenters. The van der Waals surface area contributed by atoms with E-state index < -0.39 is 12.8 Å². The number of carbonyl (C=O) groups excluding carboxylic acids is 1. The predicted molar refractivity (Wildman–Crippen MR) is 80.7 cm³/mol. The van der Waals surface area contributed by atoms with Gasteiger partial charge in [-0.05, 0) is 31.4 Å². The third kappa shape index (κ3) is 5.87. The molecule has 0 radical (unpaired) electrons. The number of carbonyl (C=O) groups is 1. The highest BCUT2D eigenvalue weighted by Crippen LogP contribution is 2.20. The van der Waals surface area contributed by atoms with Crippen molar-refractivity contribution in [1.29, 1.82) is 0 Å². The van der Waals surface area contributed by atoms with E-state index in [2.05, 4.69) is 9.72 Å². The number of nitrogens with zero attached hydrogens (tertiary/aromatic N) is 2. The number of nitrogens with two attached hydrogens (primary N) is 1. The van der Waals surface area contributed by atoms with Crippen LogP contribution < -0.4 is 10.5 Å². The molecule has 2 rings (SSSR count). The van der Waals surface area contributed by atoms with Gasteiger partial charge in [0.1, 0.15) is 0 Å². The molecule has 1 aromatic rings. The Morgan fingerprint density at radius 3 is 2.48 bits per heavy atom. The summed E-state index contributed by atoms with van der Waals surface area (Å²) in [6.45, 7) is 0.481. The van der Waals surface area contributed by atoms with Crippen LogP contribution in [0.25, 0.3) is 0 Å². The molecule has 0 aliphatic carbocycles. The van der Waals surface area contributed by atoms with Gasteiger partial charge in [-0.3, -0.25) is 4.79 Å². The number of alkyl halides is 3. The Hall–Kier alpha value is -1.54. The molecule has 1 aromatic heterocycles. The van der Waals surface area contributed by atoms with Crippen molar-refractivity contribution in [2.45, 2.75) is 19.0 Å². The zero-order valence-corrected chi connectivity index (χ0v) is 13.2. The first-order chi connectivity index (χ1) is 10.4. The molecule has 0 bridgehead atoms. The molecule has 0 unspecified atom stereocenters. The Bertz CT molecular complexity index is 503. The number of rotatable bonds is 4. The minimum Gasteiger partial charge on any atom is -0.468 e. The van der Waals surface area contributed by atoms with Crippen LogP contribution in [0.4, 0.5) is 13.2 Å². The van der Waals surface area contributed by atoms with Crippen LogP contribution in [-0.2, 0) is 0 Å². The number of aromatic nitrogens is 1. The highest BCUT2D eigenvalue weighted by molar-refractivity contribution is 5.94. The highest BCUT2D eigenvalue weighted by Gasteiger charge is 2.28. The Morgan fingerprint density at radius 2 is 2.00 bits per heavy atom. The predicted octanol–water partition coefficient (Wildman–Crippen LogP) is 2.26. The first kappa shape index (κ1) is 19.5. The van der Waals surface area contributed by atoms with E-state index in [4.69, 9.17) is 5.73 Å². The van der Waals surface area contributed by atoms with Gasteiger partial charge in [0, 0.05) is 25.4 Å². The summed E-state index contributed by atoms with van der Waals surface area (Å²) in [5, 5.41) is 0. The second kappa shape index (κ2) is 8.35. The van der Waals surface area contributed by atoms with Gasteiger partial charge in [0.25, 0.3) is 5.91 Å². The van der Waals surface area contributed by atoms with E-state index in [1.54, 1.807) is 4.90 Å². The van der Waals surface area contributed by atoms with Gasteiger partial charge in [-0.15, -0.1) is 12.4 Å². The first-order valence-electron chi connectivity index (χ1n) is 7.04. The van der Waals surface area contributed by atoms with Crippen LogP contribution in [0.2, 0.25) is 0 Å². The van der Waals surface area contributed by atoms with Gasteiger partial charge in [0.2, 0.25) is 5.88 Å². The molecule has 0 aromatic carbocycles. The summed E-state index contributed by atoms with van der Waals surface area (Å²) in [6, 6.07) is 2.70. The number of ether oxygens (including phenoxy) is 1. The van der Waals surface area contributed by atoms with Crippen LogP contribution in [0.5, 0.6) is 5.88 Å². The van der Waals surface area contributed by atoms with Crippen LogP contribution in [0.15, 0.2) is 18.3 Å². The summed E-state index contributed by atoms with van der Waals surface area (Å²) in [6.07, 6.45) is -1.45. The molecule has 2 heterocycles. The van der Waals surface area contributed by atoms with Crippen molar-refractivity contribution in [3.05, 3.63) is 23.9 Å². The molecule has 9 heteroatoms. The topological polar surface area (TPSA) is 68.5 Å². The van der Waals surface area contributed by atoms with Crippen molar-refractivity contribution in [1.82, 2.24) is 9.88 Å². The summed E-state index contributed by atoms with van der Waals surface area (Å²) in [7, 11) is 0. The minimum absolute atomic E-state index is 0. The maximum absolute atomic E-state index is 12.3. The number of likely N-dealkylation sites (tertiary alicyclic amines) is 1. The van der Waals surface area contributed by atoms with Gasteiger partial charge in [-0.25, -0.2) is 4.98 Å². The lowest BCUT2D eigenvalue weighted by molar-refractivity contribution is -0.154. The first-order valence-corrected chi connectivity index (χ1v) is 7.04. The van der Waals surface area contributed by atoms with E-state index in [9.17, 15) is 18.0 Å². The van der Waals surface area contributed by atoms with E-state index in [-0.39, 0.29) is 24.2 Å². The van der Waals surface area contributed by atoms with Crippen molar-refractivity contribution < 1.29 is 22.7 Å². The van der Waals surface area contributed by atoms with Crippen LogP contribution in [0.1, 0.15) is 23.2 Å². The van der Waals surface area contributed by atoms with Gasteiger partial charge >= 0.3 is 6.18 Å². The van der Waals surface area contributed by atoms with Gasteiger partial charge in [0.15, 0.2) is 6.61 Å². The average molecular weight is 354 g/mol. The van der Waals surface area contributed by atoms with Gasteiger partial charge in [-0.1, -0.05) is 0 Å². The standard InChI is InChI=1S/C14H18F3N3O2.ClH/c15-14(16,17)9-22-12-2-1-11(8-19-12)13(21)20-5-3-10(7-18)4-6-20;/h1-2,8,10H,3-7,9,18H2;1H. The largest absolute Gasteiger partial charge is 0.468 e. The maximum Gasteiger partial charge on any atom is 0.422 e. The van der Waals surface area contributed by atoms with E-state index in [1.165, 1.54) is 18.3 Å². The second-order valence-electron chi connectivity index (χ2n) is 5.26. The monoisotopic (exact) mass is 353 g/mol. The van der Waals surface area contributed by atoms with E-state index in [0.29, 0.717) is 31.1 Å². The molecule has 0 saturated carbocycles. The molecule has 1 saturated heterocycles. The van der Waals surface area contributed by atoms with Crippen molar-refractivity contribution >= 4 is 18.3 Å². The molecule has 5 nitrogen and oxygen atoms in total. The molecular formula is C14H19ClF3N3O2. The van der Waals surface area contributed by atoms with Crippen molar-refractivity contribution in [2.75, 3.05) is 26.2 Å². The van der Waals surface area contributed by atoms with E-state index in [1.807, 2.05) is 0 Å². The Kier molecular flexibility index (Phi) is 7.08. The van der Waals surface area contributed by atoms with Crippen LogP contribution in [-0.4, -0.2) is 48.2 Å². The summed E-state index contributed by atoms with van der Waals surface area (Å²) in [5.41, 5.74) is 5.94. The molecule has 130 valence electrons. The summed E-state index contributed by atoms with van der Waals surface area (Å²) in [5.74, 6) is 0.112. The molecule has 23 heavy (non-hydrogen) atoms. The minimum atomic E-state index is -4.41. The lowest BCUT2D eigenvalue weighted by Gasteiger charge is -2.31. The Morgan fingerprint density at radius 1 is 1.35 bits per heavy atom. The maximum atomic E-state index is 12.3. The van der Waals surface area contributed by atoms with Gasteiger partial charge < -0.3 is 15.4 Å². The molecule has 1 aliphatic heterocycles. The molecule has 1 aliphatic rings. The lowest BCUT2D eigenvalue weighted by atomic mass is 9.97. The molecular weight excluding hydrogens is 335 g/mol. The van der Waals surface area contributed by atoms with Gasteiger partial charge in [-0.2, -0.15) is 13.2 Å². The normalized spacial score (nSPS) is 15.9. The summed E-state index contributed by atoms with van der Waals surface area (Å²) in [4.78, 5) is 17.7. The quantitative estimate of drug-likeness (QED) is 0.901. The Labute approximate surface area is 138 Å². The second-order valence-corrected chi connectivity index (χ2v) is 5.26. The van der Waals surface area contributed by atoms with Gasteiger partial charge in [0.05, 0.1) is 5.56 Å². The molecule has 0 spiro atoms. The number of amides is 1. The van der Waals surface area contributed by atoms with Crippen molar-refractivity contribution in [3.63, 3.8) is 0 Å².